The van der Waals surface area contributed by atoms with E-state index in [1.54, 1.807) is 0 Å². The molecule has 1 aromatic rings. The first-order valence-electron chi connectivity index (χ1n) is 8.50. The third-order valence-corrected chi connectivity index (χ3v) is 5.69. The highest BCUT2D eigenvalue weighted by Gasteiger charge is 2.38. The predicted octanol–water partition coefficient (Wildman–Crippen LogP) is 2.08. The fourth-order valence-corrected chi connectivity index (χ4v) is 4.23. The lowest BCUT2D eigenvalue weighted by Crippen LogP contribution is -2.56. The van der Waals surface area contributed by atoms with Crippen molar-refractivity contribution in [2.75, 3.05) is 26.2 Å². The minimum atomic E-state index is -0.676. The van der Waals surface area contributed by atoms with Crippen LogP contribution in [0.5, 0.6) is 0 Å². The summed E-state index contributed by atoms with van der Waals surface area (Å²) < 4.78 is 0. The van der Waals surface area contributed by atoms with Gasteiger partial charge in [0.05, 0.1) is 11.1 Å². The van der Waals surface area contributed by atoms with Crippen molar-refractivity contribution in [3.8, 4) is 0 Å². The van der Waals surface area contributed by atoms with Crippen LogP contribution < -0.4 is 5.73 Å². The van der Waals surface area contributed by atoms with Gasteiger partial charge in [0.2, 0.25) is 5.91 Å². The third-order valence-electron chi connectivity index (χ3n) is 5.01. The van der Waals surface area contributed by atoms with Crippen molar-refractivity contribution in [3.63, 3.8) is 0 Å². The van der Waals surface area contributed by atoms with Gasteiger partial charge >= 0.3 is 0 Å². The summed E-state index contributed by atoms with van der Waals surface area (Å²) in [5.74, 6) is 0.155. The Morgan fingerprint density at radius 2 is 1.70 bits per heavy atom. The second-order valence-corrected chi connectivity index (χ2v) is 7.45. The summed E-state index contributed by atoms with van der Waals surface area (Å²) >= 11 is 1.53. The summed E-state index contributed by atoms with van der Waals surface area (Å²) in [5, 5.41) is 3.80. The second-order valence-electron chi connectivity index (χ2n) is 6.67. The van der Waals surface area contributed by atoms with Gasteiger partial charge in [-0.25, -0.2) is 0 Å². The zero-order valence-corrected chi connectivity index (χ0v) is 14.3. The van der Waals surface area contributed by atoms with Crippen molar-refractivity contribution in [2.45, 2.75) is 44.1 Å². The Kier molecular flexibility index (Phi) is 5.02. The van der Waals surface area contributed by atoms with E-state index in [1.165, 1.54) is 17.8 Å². The van der Waals surface area contributed by atoms with Crippen LogP contribution in [0.1, 0.15) is 48.9 Å². The number of thiophene rings is 1. The molecule has 0 radical (unpaired) electrons. The maximum atomic E-state index is 12.8. The van der Waals surface area contributed by atoms with Gasteiger partial charge in [0.1, 0.15) is 0 Å². The molecule has 3 rings (SSSR count). The summed E-state index contributed by atoms with van der Waals surface area (Å²) in [6.45, 7) is 2.59. The Balaban J connectivity index is 1.62. The highest BCUT2D eigenvalue weighted by atomic mass is 32.1. The smallest absolute Gasteiger partial charge is 0.254 e. The van der Waals surface area contributed by atoms with Crippen molar-refractivity contribution in [3.05, 3.63) is 22.4 Å². The molecular weight excluding hydrogens is 310 g/mol. The predicted molar refractivity (Wildman–Crippen MR) is 91.4 cm³/mol. The molecule has 2 aliphatic rings. The van der Waals surface area contributed by atoms with Crippen molar-refractivity contribution in [1.29, 1.82) is 0 Å². The Bertz CT molecular complexity index is 552. The number of nitrogens with zero attached hydrogens (tertiary/aromatic N) is 2. The largest absolute Gasteiger partial charge is 0.339 e. The van der Waals surface area contributed by atoms with E-state index in [0.29, 0.717) is 26.2 Å². The number of nitrogens with two attached hydrogens (primary N) is 1. The van der Waals surface area contributed by atoms with E-state index in [0.717, 1.165) is 37.7 Å². The molecule has 1 aliphatic heterocycles. The molecule has 2 heterocycles. The molecular formula is C17H25N3O2S. The summed E-state index contributed by atoms with van der Waals surface area (Å²) in [5.41, 5.74) is 6.46. The maximum Gasteiger partial charge on any atom is 0.254 e. The molecule has 2 fully saturated rings. The van der Waals surface area contributed by atoms with Crippen LogP contribution in [0.3, 0.4) is 0 Å². The van der Waals surface area contributed by atoms with Gasteiger partial charge in [0, 0.05) is 31.6 Å². The van der Waals surface area contributed by atoms with Crippen LogP contribution in [0.2, 0.25) is 0 Å². The van der Waals surface area contributed by atoms with Gasteiger partial charge in [-0.2, -0.15) is 11.3 Å². The summed E-state index contributed by atoms with van der Waals surface area (Å²) in [4.78, 5) is 29.0. The number of rotatable bonds is 2. The van der Waals surface area contributed by atoms with Crippen LogP contribution in [0.4, 0.5) is 0 Å². The van der Waals surface area contributed by atoms with E-state index in [1.807, 2.05) is 26.6 Å². The molecule has 0 aromatic carbocycles. The van der Waals surface area contributed by atoms with E-state index < -0.39 is 5.54 Å². The fourth-order valence-electron chi connectivity index (χ4n) is 3.60. The molecule has 1 aromatic heterocycles. The minimum absolute atomic E-state index is 0.0701. The first-order chi connectivity index (χ1) is 11.1. The molecule has 0 bridgehead atoms. The van der Waals surface area contributed by atoms with Crippen LogP contribution >= 0.6 is 11.3 Å². The van der Waals surface area contributed by atoms with E-state index >= 15 is 0 Å². The van der Waals surface area contributed by atoms with Gasteiger partial charge in [-0.15, -0.1) is 0 Å². The van der Waals surface area contributed by atoms with Gasteiger partial charge in [-0.3, -0.25) is 9.59 Å². The van der Waals surface area contributed by atoms with Crippen LogP contribution in [0.15, 0.2) is 16.8 Å². The third kappa shape index (κ3) is 3.58. The number of hydrogen-bond donors (Lipinski definition) is 1. The van der Waals surface area contributed by atoms with Gasteiger partial charge in [-0.05, 0) is 30.7 Å². The number of amides is 2. The van der Waals surface area contributed by atoms with Crippen LogP contribution in [0, 0.1) is 0 Å². The van der Waals surface area contributed by atoms with Gasteiger partial charge in [-0.1, -0.05) is 19.3 Å². The molecule has 0 atom stereocenters. The summed E-state index contributed by atoms with van der Waals surface area (Å²) in [6.07, 6.45) is 5.66. The van der Waals surface area contributed by atoms with Crippen LogP contribution in [0.25, 0.3) is 0 Å². The first kappa shape index (κ1) is 16.5. The van der Waals surface area contributed by atoms with Crippen LogP contribution in [-0.4, -0.2) is 53.3 Å². The Labute approximate surface area is 141 Å². The molecule has 1 aliphatic carbocycles. The number of carbonyl (C=O) groups is 2. The SMILES string of the molecule is NC1(C(=O)N2CCCN(C(=O)c3ccsc3)CC2)CCCCC1. The highest BCUT2D eigenvalue weighted by molar-refractivity contribution is 7.08. The highest BCUT2D eigenvalue weighted by Crippen LogP contribution is 2.28. The summed E-state index contributed by atoms with van der Waals surface area (Å²) in [7, 11) is 0. The topological polar surface area (TPSA) is 66.6 Å². The molecule has 2 N–H and O–H groups in total. The van der Waals surface area contributed by atoms with Crippen molar-refractivity contribution in [2.24, 2.45) is 5.73 Å². The monoisotopic (exact) mass is 335 g/mol. The second kappa shape index (κ2) is 7.01. The van der Waals surface area contributed by atoms with Crippen molar-refractivity contribution in [1.82, 2.24) is 9.80 Å². The molecule has 5 nitrogen and oxygen atoms in total. The Hall–Kier alpha value is -1.40. The molecule has 23 heavy (non-hydrogen) atoms. The van der Waals surface area contributed by atoms with Gasteiger partial charge in [0.15, 0.2) is 0 Å². The molecule has 0 spiro atoms. The zero-order chi connectivity index (χ0) is 16.3. The minimum Gasteiger partial charge on any atom is -0.339 e. The number of carbonyl (C=O) groups excluding carboxylic acids is 2. The van der Waals surface area contributed by atoms with E-state index in [4.69, 9.17) is 5.73 Å². The van der Waals surface area contributed by atoms with E-state index in [2.05, 4.69) is 0 Å². The lowest BCUT2D eigenvalue weighted by molar-refractivity contribution is -0.138. The Morgan fingerprint density at radius 1 is 1.00 bits per heavy atom. The van der Waals surface area contributed by atoms with Crippen molar-refractivity contribution >= 4 is 23.2 Å². The number of hydrogen-bond acceptors (Lipinski definition) is 4. The standard InChI is InChI=1S/C17H25N3O2S/c18-17(6-2-1-3-7-17)16(22)20-9-4-8-19(10-11-20)15(21)14-5-12-23-13-14/h5,12-13H,1-4,6-11,18H2. The van der Waals surface area contributed by atoms with Gasteiger partial charge < -0.3 is 15.5 Å². The normalized spacial score (nSPS) is 21.8. The Morgan fingerprint density at radius 3 is 2.39 bits per heavy atom. The van der Waals surface area contributed by atoms with Crippen molar-refractivity contribution < 1.29 is 9.59 Å². The van der Waals surface area contributed by atoms with Gasteiger partial charge in [0.25, 0.3) is 5.91 Å². The molecule has 6 heteroatoms. The van der Waals surface area contributed by atoms with Crippen LogP contribution in [-0.2, 0) is 4.79 Å². The van der Waals surface area contributed by atoms with E-state index in [9.17, 15) is 9.59 Å². The maximum absolute atomic E-state index is 12.8. The molecule has 0 unspecified atom stereocenters. The quantitative estimate of drug-likeness (QED) is 0.900. The fraction of sp³-hybridized carbons (Fsp3) is 0.647. The first-order valence-corrected chi connectivity index (χ1v) is 9.44. The molecule has 1 saturated carbocycles. The summed E-state index contributed by atoms with van der Waals surface area (Å²) in [6, 6.07) is 1.86. The average Bonchev–Trinajstić information content (AvgIpc) is 2.99. The molecule has 1 saturated heterocycles. The molecule has 126 valence electrons. The molecule has 2 amide bonds. The van der Waals surface area contributed by atoms with E-state index in [-0.39, 0.29) is 11.8 Å². The lowest BCUT2D eigenvalue weighted by atomic mass is 9.81. The lowest BCUT2D eigenvalue weighted by Gasteiger charge is -2.36. The zero-order valence-electron chi connectivity index (χ0n) is 13.5. The average molecular weight is 335 g/mol.